The first kappa shape index (κ1) is 22.4. The average molecular weight is 338 g/mol. The number of esters is 2. The number of allylic oxidation sites excluding steroid dienone is 2. The van der Waals surface area contributed by atoms with Crippen LogP contribution in [0.5, 0.6) is 0 Å². The Kier molecular flexibility index (Phi) is 14.0. The lowest BCUT2D eigenvalue weighted by atomic mass is 10.1. The summed E-state index contributed by atoms with van der Waals surface area (Å²) in [6, 6.07) is 0. The first-order valence-corrected chi connectivity index (χ1v) is 8.99. The normalized spacial score (nSPS) is 10.0. The van der Waals surface area contributed by atoms with Crippen LogP contribution >= 0.6 is 0 Å². The third-order valence-corrected chi connectivity index (χ3v) is 3.48. The summed E-state index contributed by atoms with van der Waals surface area (Å²) in [6.45, 7) is 8.69. The van der Waals surface area contributed by atoms with Crippen LogP contribution in [0.1, 0.15) is 79.1 Å². The second-order valence-electron chi connectivity index (χ2n) is 6.55. The molecule has 0 spiro atoms. The van der Waals surface area contributed by atoms with Crippen molar-refractivity contribution in [3.63, 3.8) is 0 Å². The molecule has 0 unspecified atom stereocenters. The van der Waals surface area contributed by atoms with E-state index in [4.69, 9.17) is 9.47 Å². The van der Waals surface area contributed by atoms with Gasteiger partial charge in [-0.3, -0.25) is 9.59 Å². The molecule has 0 N–H and O–H groups in total. The smallest absolute Gasteiger partial charge is 0.306 e. The molecule has 0 aromatic carbocycles. The van der Waals surface area contributed by atoms with Crippen molar-refractivity contribution in [2.24, 2.45) is 0 Å². The first-order chi connectivity index (χ1) is 11.4. The molecule has 0 radical (unpaired) electrons. The Morgan fingerprint density at radius 1 is 0.625 bits per heavy atom. The second kappa shape index (κ2) is 15.0. The minimum Gasteiger partial charge on any atom is -0.461 e. The highest BCUT2D eigenvalue weighted by molar-refractivity contribution is 5.69. The van der Waals surface area contributed by atoms with Crippen LogP contribution in [-0.2, 0) is 19.1 Å². The summed E-state index contributed by atoms with van der Waals surface area (Å²) in [7, 11) is 0. The van der Waals surface area contributed by atoms with Crippen LogP contribution in [0.25, 0.3) is 0 Å². The summed E-state index contributed by atoms with van der Waals surface area (Å²) in [5, 5.41) is 0. The molecule has 4 nitrogen and oxygen atoms in total. The monoisotopic (exact) mass is 338 g/mol. The Hall–Kier alpha value is -1.58. The minimum atomic E-state index is -0.119. The number of ether oxygens (including phenoxy) is 2. The molecule has 4 heteroatoms. The predicted molar refractivity (Wildman–Crippen MR) is 97.7 cm³/mol. The molecule has 0 fully saturated rings. The molecule has 0 heterocycles. The summed E-state index contributed by atoms with van der Waals surface area (Å²) in [5.41, 5.74) is 2.31. The average Bonchev–Trinajstić information content (AvgIpc) is 2.49. The highest BCUT2D eigenvalue weighted by Gasteiger charge is 2.03. The highest BCUT2D eigenvalue weighted by Crippen LogP contribution is 2.09. The first-order valence-electron chi connectivity index (χ1n) is 8.99. The van der Waals surface area contributed by atoms with Crippen molar-refractivity contribution >= 4 is 11.9 Å². The lowest BCUT2D eigenvalue weighted by Crippen LogP contribution is -2.04. The number of unbranched alkanes of at least 4 members (excludes halogenated alkanes) is 5. The third-order valence-electron chi connectivity index (χ3n) is 3.48. The van der Waals surface area contributed by atoms with E-state index < -0.39 is 0 Å². The summed E-state index contributed by atoms with van der Waals surface area (Å²) in [4.78, 5) is 22.9. The Morgan fingerprint density at radius 2 is 0.958 bits per heavy atom. The number of hydrogen-bond donors (Lipinski definition) is 0. The largest absolute Gasteiger partial charge is 0.461 e. The molecule has 0 saturated heterocycles. The lowest BCUT2D eigenvalue weighted by Gasteiger charge is -2.04. The van der Waals surface area contributed by atoms with Gasteiger partial charge in [0, 0.05) is 12.8 Å². The molecule has 0 bridgehead atoms. The fraction of sp³-hybridized carbons (Fsp3) is 0.700. The van der Waals surface area contributed by atoms with Gasteiger partial charge in [-0.1, -0.05) is 36.8 Å². The van der Waals surface area contributed by atoms with Crippen molar-refractivity contribution in [1.82, 2.24) is 0 Å². The lowest BCUT2D eigenvalue weighted by molar-refractivity contribution is -0.143. The van der Waals surface area contributed by atoms with Crippen LogP contribution in [0.15, 0.2) is 23.3 Å². The number of carbonyl (C=O) groups excluding carboxylic acids is 2. The number of carbonyl (C=O) groups is 2. The van der Waals surface area contributed by atoms with Crippen molar-refractivity contribution in [1.29, 1.82) is 0 Å². The van der Waals surface area contributed by atoms with Gasteiger partial charge in [0.15, 0.2) is 0 Å². The van der Waals surface area contributed by atoms with E-state index in [0.717, 1.165) is 49.7 Å². The van der Waals surface area contributed by atoms with Gasteiger partial charge in [0.05, 0.1) is 0 Å². The van der Waals surface area contributed by atoms with E-state index in [1.54, 1.807) is 0 Å². The van der Waals surface area contributed by atoms with Crippen molar-refractivity contribution in [2.75, 3.05) is 13.2 Å². The van der Waals surface area contributed by atoms with Gasteiger partial charge < -0.3 is 9.47 Å². The maximum atomic E-state index is 11.5. The van der Waals surface area contributed by atoms with Gasteiger partial charge >= 0.3 is 11.9 Å². The van der Waals surface area contributed by atoms with Gasteiger partial charge in [-0.2, -0.15) is 0 Å². The molecule has 0 atom stereocenters. The molecule has 24 heavy (non-hydrogen) atoms. The Bertz CT molecular complexity index is 373. The van der Waals surface area contributed by atoms with Gasteiger partial charge in [0.25, 0.3) is 0 Å². The molecule has 0 aliphatic rings. The van der Waals surface area contributed by atoms with Gasteiger partial charge in [0.1, 0.15) is 13.2 Å². The molecule has 0 amide bonds. The Balaban J connectivity index is 3.39. The quantitative estimate of drug-likeness (QED) is 0.265. The number of hydrogen-bond acceptors (Lipinski definition) is 4. The highest BCUT2D eigenvalue weighted by atomic mass is 16.5. The maximum absolute atomic E-state index is 11.5. The van der Waals surface area contributed by atoms with Crippen molar-refractivity contribution in [3.8, 4) is 0 Å². The molecule has 0 aliphatic carbocycles. The van der Waals surface area contributed by atoms with Crippen LogP contribution < -0.4 is 0 Å². The summed E-state index contributed by atoms with van der Waals surface area (Å²) in [5.74, 6) is -0.238. The van der Waals surface area contributed by atoms with Crippen LogP contribution in [0.3, 0.4) is 0 Å². The fourth-order valence-corrected chi connectivity index (χ4v) is 1.99. The number of rotatable bonds is 13. The SMILES string of the molecule is CC(C)=CCOC(=O)CCCCCCCCC(=O)OCC=C(C)C. The second-order valence-corrected chi connectivity index (χ2v) is 6.55. The minimum absolute atomic E-state index is 0.119. The zero-order chi connectivity index (χ0) is 18.2. The maximum Gasteiger partial charge on any atom is 0.306 e. The summed E-state index contributed by atoms with van der Waals surface area (Å²) >= 11 is 0. The molecular weight excluding hydrogens is 304 g/mol. The third kappa shape index (κ3) is 16.8. The van der Waals surface area contributed by atoms with Gasteiger partial charge in [-0.05, 0) is 52.7 Å². The van der Waals surface area contributed by atoms with E-state index in [9.17, 15) is 9.59 Å². The standard InChI is InChI=1S/C20H34O4/c1-17(2)13-15-23-19(21)11-9-7-5-6-8-10-12-20(22)24-16-14-18(3)4/h13-14H,5-12,15-16H2,1-4H3. The van der Waals surface area contributed by atoms with E-state index in [0.29, 0.717) is 26.1 Å². The molecule has 0 aromatic rings. The van der Waals surface area contributed by atoms with E-state index in [1.165, 1.54) is 0 Å². The van der Waals surface area contributed by atoms with Crippen LogP contribution in [0.2, 0.25) is 0 Å². The van der Waals surface area contributed by atoms with Gasteiger partial charge in [-0.25, -0.2) is 0 Å². The van der Waals surface area contributed by atoms with Gasteiger partial charge in [-0.15, -0.1) is 0 Å². The summed E-state index contributed by atoms with van der Waals surface area (Å²) in [6.07, 6.45) is 10.8. The summed E-state index contributed by atoms with van der Waals surface area (Å²) < 4.78 is 10.2. The molecule has 0 aromatic heterocycles. The fourth-order valence-electron chi connectivity index (χ4n) is 1.99. The van der Waals surface area contributed by atoms with Crippen molar-refractivity contribution in [2.45, 2.75) is 79.1 Å². The van der Waals surface area contributed by atoms with Crippen LogP contribution in [0, 0.1) is 0 Å². The molecule has 138 valence electrons. The van der Waals surface area contributed by atoms with Crippen LogP contribution in [-0.4, -0.2) is 25.2 Å². The van der Waals surface area contributed by atoms with Crippen molar-refractivity contribution in [3.05, 3.63) is 23.3 Å². The molecule has 0 saturated carbocycles. The zero-order valence-electron chi connectivity index (χ0n) is 15.9. The molecule has 0 rings (SSSR count). The van der Waals surface area contributed by atoms with E-state index in [2.05, 4.69) is 0 Å². The molecular formula is C20H34O4. The van der Waals surface area contributed by atoms with Gasteiger partial charge in [0.2, 0.25) is 0 Å². The van der Waals surface area contributed by atoms with E-state index in [-0.39, 0.29) is 11.9 Å². The van der Waals surface area contributed by atoms with E-state index in [1.807, 2.05) is 39.8 Å². The molecule has 0 aliphatic heterocycles. The predicted octanol–water partition coefficient (Wildman–Crippen LogP) is 5.13. The Labute approximate surface area is 147 Å². The van der Waals surface area contributed by atoms with E-state index >= 15 is 0 Å². The van der Waals surface area contributed by atoms with Crippen LogP contribution in [0.4, 0.5) is 0 Å². The topological polar surface area (TPSA) is 52.6 Å². The Morgan fingerprint density at radius 3 is 1.29 bits per heavy atom. The zero-order valence-corrected chi connectivity index (χ0v) is 15.9. The van der Waals surface area contributed by atoms with Crippen molar-refractivity contribution < 1.29 is 19.1 Å².